The summed E-state index contributed by atoms with van der Waals surface area (Å²) in [5.74, 6) is -3.15. The molecule has 5 atom stereocenters. The molecule has 1 aromatic heterocycles. The molecular formula is C73H88ClF3N10O10S4. The fourth-order valence-corrected chi connectivity index (χ4v) is 17.3. The van der Waals surface area contributed by atoms with Crippen LogP contribution < -0.4 is 25.6 Å². The Bertz CT molecular complexity index is 4220. The number of hydrogen-bond acceptors (Lipinski definition) is 17. The van der Waals surface area contributed by atoms with E-state index < -0.39 is 112 Å². The summed E-state index contributed by atoms with van der Waals surface area (Å²) in [4.78, 5) is 82.7. The molecule has 0 radical (unpaired) electrons. The van der Waals surface area contributed by atoms with Crippen LogP contribution >= 0.6 is 34.7 Å². The fourth-order valence-electron chi connectivity index (χ4n) is 13.4. The van der Waals surface area contributed by atoms with Crippen LogP contribution in [0.5, 0.6) is 0 Å². The van der Waals surface area contributed by atoms with E-state index in [0.29, 0.717) is 43.8 Å². The number of nitrogens with one attached hydrogen (secondary N) is 4. The molecule has 28 heteroatoms. The van der Waals surface area contributed by atoms with Gasteiger partial charge in [-0.3, -0.25) is 33.8 Å². The van der Waals surface area contributed by atoms with Gasteiger partial charge in [-0.05, 0) is 139 Å². The normalized spacial score (nSPS) is 19.0. The molecule has 2 unspecified atom stereocenters. The minimum Gasteiger partial charge on any atom is -0.391 e. The number of alkyl halides is 3. The number of carbonyl (C=O) groups excluding carboxylic acids is 5. The molecule has 4 heterocycles. The molecule has 6 aromatic rings. The molecule has 0 spiro atoms. The van der Waals surface area contributed by atoms with Crippen LogP contribution in [0, 0.1) is 17.8 Å². The van der Waals surface area contributed by atoms with Crippen LogP contribution in [0.15, 0.2) is 147 Å². The van der Waals surface area contributed by atoms with E-state index in [4.69, 9.17) is 11.6 Å². The zero-order valence-corrected chi connectivity index (χ0v) is 61.7. The lowest BCUT2D eigenvalue weighted by Gasteiger charge is -2.39. The molecule has 10 rings (SSSR count). The Morgan fingerprint density at radius 3 is 2.10 bits per heavy atom. The molecule has 5 aromatic carbocycles. The molecule has 3 aliphatic heterocycles. The Hall–Kier alpha value is -7.37. The summed E-state index contributed by atoms with van der Waals surface area (Å²) in [6, 6.07) is 30.0. The molecule has 5 amide bonds. The van der Waals surface area contributed by atoms with Gasteiger partial charge in [0.05, 0.1) is 38.8 Å². The van der Waals surface area contributed by atoms with Gasteiger partial charge in [-0.1, -0.05) is 106 Å². The van der Waals surface area contributed by atoms with Crippen molar-refractivity contribution in [1.82, 2.24) is 39.9 Å². The highest BCUT2D eigenvalue weighted by molar-refractivity contribution is 7.99. The number of allylic oxidation sites excluding steroid dienone is 1. The summed E-state index contributed by atoms with van der Waals surface area (Å²) in [6.07, 6.45) is 1.69. The molecule has 20 nitrogen and oxygen atoms in total. The highest BCUT2D eigenvalue weighted by Gasteiger charge is 2.49. The number of benzene rings is 5. The molecule has 3 fully saturated rings. The van der Waals surface area contributed by atoms with Gasteiger partial charge in [-0.2, -0.15) is 13.2 Å². The highest BCUT2D eigenvalue weighted by Crippen LogP contribution is 2.44. The number of nitrogens with zero attached hydrogens (tertiary/aromatic N) is 6. The minimum absolute atomic E-state index is 0.0173. The highest BCUT2D eigenvalue weighted by atomic mass is 35.5. The first-order valence-electron chi connectivity index (χ1n) is 33.8. The van der Waals surface area contributed by atoms with Crippen LogP contribution in [0.1, 0.15) is 113 Å². The Kier molecular flexibility index (Phi) is 24.2. The van der Waals surface area contributed by atoms with Crippen molar-refractivity contribution < 1.29 is 59.1 Å². The number of β-amino-alcohol motifs (C(OH)–C–C–N with tert-alkyl or cyclic N) is 1. The summed E-state index contributed by atoms with van der Waals surface area (Å²) in [5.41, 5.74) is 2.17. The molecule has 3 saturated heterocycles. The third kappa shape index (κ3) is 19.3. The van der Waals surface area contributed by atoms with Gasteiger partial charge in [0.2, 0.25) is 23.6 Å². The quantitative estimate of drug-likeness (QED) is 0.0279. The summed E-state index contributed by atoms with van der Waals surface area (Å²) in [7, 11) is -11.2. The second-order valence-electron chi connectivity index (χ2n) is 28.3. The van der Waals surface area contributed by atoms with Gasteiger partial charge < -0.3 is 35.8 Å². The van der Waals surface area contributed by atoms with E-state index in [1.165, 1.54) is 61.7 Å². The lowest BCUT2D eigenvalue weighted by Crippen LogP contribution is -2.58. The Balaban J connectivity index is 0.737. The predicted molar refractivity (Wildman–Crippen MR) is 389 cm³/mol. The number of aliphatic hydroxyl groups excluding tert-OH is 1. The first-order chi connectivity index (χ1) is 47.7. The number of aromatic nitrogens is 1. The summed E-state index contributed by atoms with van der Waals surface area (Å²) in [5, 5.41) is 20.2. The number of hydrogen-bond donors (Lipinski definition) is 5. The monoisotopic (exact) mass is 1480 g/mol. The van der Waals surface area contributed by atoms with E-state index in [0.717, 1.165) is 83.3 Å². The number of sulfonamides is 1. The lowest BCUT2D eigenvalue weighted by atomic mass is 9.73. The predicted octanol–water partition coefficient (Wildman–Crippen LogP) is 10.8. The first kappa shape index (κ1) is 76.3. The zero-order valence-electron chi connectivity index (χ0n) is 57.7. The molecule has 0 bridgehead atoms. The van der Waals surface area contributed by atoms with Crippen molar-refractivity contribution in [1.29, 1.82) is 0 Å². The van der Waals surface area contributed by atoms with Crippen LogP contribution in [-0.2, 0) is 39.0 Å². The average molecular weight is 1490 g/mol. The molecule has 0 saturated carbocycles. The van der Waals surface area contributed by atoms with Crippen molar-refractivity contribution in [3.05, 3.63) is 160 Å². The maximum atomic E-state index is 14.6. The van der Waals surface area contributed by atoms with Crippen LogP contribution in [0.3, 0.4) is 0 Å². The number of aliphatic hydroxyl groups is 1. The minimum atomic E-state index is -6.22. The number of aryl methyl sites for hydroxylation is 1. The number of likely N-dealkylation sites (tertiary alicyclic amines) is 1. The van der Waals surface area contributed by atoms with Crippen molar-refractivity contribution in [3.8, 4) is 10.4 Å². The number of thioether (sulfide) groups is 1. The van der Waals surface area contributed by atoms with Gasteiger partial charge in [0, 0.05) is 111 Å². The van der Waals surface area contributed by atoms with Gasteiger partial charge in [0.25, 0.3) is 25.8 Å². The van der Waals surface area contributed by atoms with E-state index >= 15 is 0 Å². The largest absolute Gasteiger partial charge is 0.501 e. The van der Waals surface area contributed by atoms with Gasteiger partial charge in [0.1, 0.15) is 23.4 Å². The Labute approximate surface area is 602 Å². The van der Waals surface area contributed by atoms with E-state index in [1.807, 2.05) is 90.2 Å². The van der Waals surface area contributed by atoms with E-state index in [9.17, 15) is 59.1 Å². The fraction of sp³-hybridized carbons (Fsp3) is 0.452. The van der Waals surface area contributed by atoms with Crippen molar-refractivity contribution in [2.45, 2.75) is 137 Å². The third-order valence-electron chi connectivity index (χ3n) is 19.2. The number of halogens is 4. The maximum absolute atomic E-state index is 14.6. The lowest BCUT2D eigenvalue weighted by molar-refractivity contribution is -0.145. The number of carbonyl (C=O) groups is 5. The SMILES string of the molecule is Cc1ncsc1-c1ccc([C@H](C)NC(=O)[C@@H]2C[C@@H](O)CN2C(=O)C(NC(=O)CC(=O)N2CCN(CCC(CSc3ccccc3)Nc3ccc(S(=O)(=O)NC(=O)c4ccc(N5CCN(CC6=C(c7ccc(Cl)cc7)CCC(C)(C)C6)CC5)cc4)cc3S(=O)(=O)C(F)(F)F)CC2)C(C)(C)C)cc1. The molecular weight excluding hydrogens is 1400 g/mol. The number of sulfone groups is 1. The van der Waals surface area contributed by atoms with Crippen molar-refractivity contribution >= 4 is 101 Å². The number of amides is 5. The zero-order chi connectivity index (χ0) is 72.8. The second kappa shape index (κ2) is 32.1. The Morgan fingerprint density at radius 2 is 1.47 bits per heavy atom. The summed E-state index contributed by atoms with van der Waals surface area (Å²) in [6.45, 7) is 18.6. The van der Waals surface area contributed by atoms with Gasteiger partial charge >= 0.3 is 5.51 Å². The van der Waals surface area contributed by atoms with Crippen molar-refractivity contribution in [3.63, 3.8) is 0 Å². The van der Waals surface area contributed by atoms with Gasteiger partial charge in [0.15, 0.2) is 0 Å². The Morgan fingerprint density at radius 1 is 0.812 bits per heavy atom. The molecule has 1 aliphatic carbocycles. The van der Waals surface area contributed by atoms with Crippen molar-refractivity contribution in [2.24, 2.45) is 10.8 Å². The van der Waals surface area contributed by atoms with Crippen LogP contribution in [-0.4, -0.2) is 184 Å². The first-order valence-corrected chi connectivity index (χ1v) is 39.0. The molecule has 542 valence electrons. The van der Waals surface area contributed by atoms with Gasteiger partial charge in [-0.25, -0.2) is 26.5 Å². The average Bonchev–Trinajstić information content (AvgIpc) is 1.56. The number of thiazole rings is 1. The van der Waals surface area contributed by atoms with Crippen LogP contribution in [0.2, 0.25) is 5.02 Å². The summed E-state index contributed by atoms with van der Waals surface area (Å²) >= 11 is 9.11. The standard InChI is InChI=1S/C73H88ClF3N10O10S4/c1-47(49-13-15-51(16-14-49)66-48(2)78-46-99-66)79-69(92)62-39-57(88)44-87(62)70(93)67(71(3,4)5)81-64(89)41-65(90)86-37-31-83(32-38-86)30-28-55(45-98-58-11-9-8-10-12-58)80-61-26-25-59(40-63(61)100(94,95)73(75,76)77)101(96,97)82-68(91)52-19-23-56(24-20-52)85-35-33-84(34-36-85)43-53-42-72(6,7)29-27-60(53)50-17-21-54(74)22-18-50/h8-26,40,46-47,55,57,62,67,80,88H,27-39,41-45H2,1-7H3,(H,79,92)(H,81,89)(H,82,91)/t47-,55?,57+,62-,67?/m0/s1. The summed E-state index contributed by atoms with van der Waals surface area (Å²) < 4.78 is 100. The van der Waals surface area contributed by atoms with Crippen LogP contribution in [0.25, 0.3) is 16.0 Å². The topological polar surface area (TPSA) is 251 Å². The maximum Gasteiger partial charge on any atom is 0.501 e. The second-order valence-corrected chi connectivity index (χ2v) is 34.3. The smallest absolute Gasteiger partial charge is 0.391 e. The third-order valence-corrected chi connectivity index (χ3v) is 24.4. The van der Waals surface area contributed by atoms with E-state index in [2.05, 4.69) is 56.7 Å². The van der Waals surface area contributed by atoms with E-state index in [-0.39, 0.29) is 49.2 Å². The van der Waals surface area contributed by atoms with E-state index in [1.54, 1.807) is 38.4 Å². The van der Waals surface area contributed by atoms with Crippen molar-refractivity contribution in [2.75, 3.05) is 88.0 Å². The molecule has 4 aliphatic rings. The van der Waals surface area contributed by atoms with Gasteiger partial charge in [-0.15, -0.1) is 23.1 Å². The number of piperazine rings is 2. The molecule has 101 heavy (non-hydrogen) atoms. The number of anilines is 2. The number of rotatable bonds is 24. The van der Waals surface area contributed by atoms with Crippen LogP contribution in [0.4, 0.5) is 24.5 Å². The molecule has 5 N–H and O–H groups in total.